The van der Waals surface area contributed by atoms with E-state index in [1.807, 2.05) is 0 Å². The van der Waals surface area contributed by atoms with Gasteiger partial charge in [0.1, 0.15) is 0 Å². The van der Waals surface area contributed by atoms with Crippen molar-refractivity contribution in [2.24, 2.45) is 0 Å². The quantitative estimate of drug-likeness (QED) is 0.734. The molecule has 0 aliphatic carbocycles. The average Bonchev–Trinajstić information content (AvgIpc) is 2.52. The van der Waals surface area contributed by atoms with Gasteiger partial charge in [0.15, 0.2) is 0 Å². The zero-order valence-electron chi connectivity index (χ0n) is 13.8. The third-order valence-electron chi connectivity index (χ3n) is 4.67. The van der Waals surface area contributed by atoms with E-state index in [1.165, 1.54) is 21.8 Å². The summed E-state index contributed by atoms with van der Waals surface area (Å²) in [6.45, 7) is 8.28. The van der Waals surface area contributed by atoms with Crippen molar-refractivity contribution in [1.29, 1.82) is 0 Å². The van der Waals surface area contributed by atoms with Gasteiger partial charge >= 0.3 is 141 Å². The van der Waals surface area contributed by atoms with Gasteiger partial charge in [-0.15, -0.1) is 0 Å². The van der Waals surface area contributed by atoms with Crippen molar-refractivity contribution in [3.63, 3.8) is 0 Å². The number of hydrogen-bond donors (Lipinski definition) is 0. The van der Waals surface area contributed by atoms with E-state index >= 15 is 0 Å². The molecule has 1 nitrogen and oxygen atoms in total. The molecule has 1 saturated heterocycles. The fourth-order valence-electron chi connectivity index (χ4n) is 3.82. The standard InChI is InChI=1S/C20H25NSe/c1-19(2)15-20(3,16-22-18-12-8-5-9-13-18)21(19)14-17-10-6-4-7-11-17/h4-13H,14-16H2,1-3H3/t20-/m0/s1. The molecule has 22 heavy (non-hydrogen) atoms. The summed E-state index contributed by atoms with van der Waals surface area (Å²) in [5.41, 5.74) is 2.08. The average molecular weight is 358 g/mol. The van der Waals surface area contributed by atoms with E-state index in [0.717, 1.165) is 6.54 Å². The number of rotatable bonds is 5. The SMILES string of the molecule is CC1(C)C[C@@](C)(C[Se]c2ccccc2)N1Cc1ccccc1. The molecule has 2 aromatic carbocycles. The Labute approximate surface area is 140 Å². The zero-order chi connectivity index (χ0) is 15.6. The Bertz CT molecular complexity index is 608. The van der Waals surface area contributed by atoms with Crippen molar-refractivity contribution in [2.75, 3.05) is 0 Å². The Morgan fingerprint density at radius 1 is 0.909 bits per heavy atom. The molecular weight excluding hydrogens is 333 g/mol. The van der Waals surface area contributed by atoms with Gasteiger partial charge in [-0.1, -0.05) is 0 Å². The van der Waals surface area contributed by atoms with Gasteiger partial charge < -0.3 is 0 Å². The summed E-state index contributed by atoms with van der Waals surface area (Å²) in [5.74, 6) is 0. The van der Waals surface area contributed by atoms with E-state index in [4.69, 9.17) is 0 Å². The first kappa shape index (κ1) is 15.8. The van der Waals surface area contributed by atoms with E-state index < -0.39 is 0 Å². The molecular formula is C20H25NSe. The van der Waals surface area contributed by atoms with Gasteiger partial charge in [-0.2, -0.15) is 0 Å². The molecule has 2 heteroatoms. The van der Waals surface area contributed by atoms with Crippen LogP contribution in [0.2, 0.25) is 5.32 Å². The molecule has 1 atom stereocenters. The molecule has 3 rings (SSSR count). The maximum atomic E-state index is 2.71. The Hall–Kier alpha value is -1.08. The van der Waals surface area contributed by atoms with Crippen molar-refractivity contribution in [3.05, 3.63) is 66.2 Å². The van der Waals surface area contributed by atoms with E-state index in [2.05, 4.69) is 86.3 Å². The van der Waals surface area contributed by atoms with Crippen LogP contribution in [0.5, 0.6) is 0 Å². The third-order valence-corrected chi connectivity index (χ3v) is 7.55. The predicted molar refractivity (Wildman–Crippen MR) is 95.7 cm³/mol. The van der Waals surface area contributed by atoms with Crippen LogP contribution in [0.1, 0.15) is 32.8 Å². The fraction of sp³-hybridized carbons (Fsp3) is 0.400. The molecule has 0 saturated carbocycles. The monoisotopic (exact) mass is 359 g/mol. The van der Waals surface area contributed by atoms with Crippen LogP contribution >= 0.6 is 0 Å². The van der Waals surface area contributed by atoms with Crippen molar-refractivity contribution in [1.82, 2.24) is 4.90 Å². The molecule has 1 aliphatic heterocycles. The molecule has 1 heterocycles. The second kappa shape index (κ2) is 6.20. The molecule has 116 valence electrons. The first-order chi connectivity index (χ1) is 10.5. The minimum absolute atomic E-state index is 0.317. The Morgan fingerprint density at radius 3 is 2.09 bits per heavy atom. The molecule has 1 aliphatic rings. The van der Waals surface area contributed by atoms with E-state index in [9.17, 15) is 0 Å². The van der Waals surface area contributed by atoms with E-state index in [1.54, 1.807) is 0 Å². The van der Waals surface area contributed by atoms with Crippen molar-refractivity contribution in [3.8, 4) is 0 Å². The maximum absolute atomic E-state index is 2.71. The molecule has 0 bridgehead atoms. The number of hydrogen-bond acceptors (Lipinski definition) is 1. The van der Waals surface area contributed by atoms with Crippen LogP contribution in [0.3, 0.4) is 0 Å². The topological polar surface area (TPSA) is 3.24 Å². The van der Waals surface area contributed by atoms with Gasteiger partial charge in [0.2, 0.25) is 0 Å². The summed E-state index contributed by atoms with van der Waals surface area (Å²) in [7, 11) is 0. The van der Waals surface area contributed by atoms with Crippen LogP contribution in [0.15, 0.2) is 60.7 Å². The Kier molecular flexibility index (Phi) is 4.45. The molecule has 1 fully saturated rings. The number of nitrogens with zero attached hydrogens (tertiary/aromatic N) is 1. The van der Waals surface area contributed by atoms with Crippen LogP contribution in [-0.4, -0.2) is 30.9 Å². The molecule has 0 radical (unpaired) electrons. The van der Waals surface area contributed by atoms with Crippen molar-refractivity contribution < 1.29 is 0 Å². The summed E-state index contributed by atoms with van der Waals surface area (Å²) < 4.78 is 1.51. The van der Waals surface area contributed by atoms with Crippen LogP contribution < -0.4 is 4.46 Å². The summed E-state index contributed by atoms with van der Waals surface area (Å²) in [6, 6.07) is 21.9. The number of benzene rings is 2. The third kappa shape index (κ3) is 3.30. The van der Waals surface area contributed by atoms with Gasteiger partial charge in [-0.3, -0.25) is 0 Å². The Balaban J connectivity index is 1.69. The van der Waals surface area contributed by atoms with Crippen molar-refractivity contribution >= 4 is 19.4 Å². The fourth-order valence-corrected chi connectivity index (χ4v) is 6.09. The van der Waals surface area contributed by atoms with Crippen molar-refractivity contribution in [2.45, 2.75) is 50.1 Å². The normalized spacial score (nSPS) is 24.0. The molecule has 0 unspecified atom stereocenters. The van der Waals surface area contributed by atoms with Gasteiger partial charge in [0.25, 0.3) is 0 Å². The van der Waals surface area contributed by atoms with Gasteiger partial charge in [0.05, 0.1) is 0 Å². The van der Waals surface area contributed by atoms with Gasteiger partial charge in [-0.05, 0) is 0 Å². The van der Waals surface area contributed by atoms with E-state index in [-0.39, 0.29) is 0 Å². The predicted octanol–water partition coefficient (Wildman–Crippen LogP) is 3.88. The van der Waals surface area contributed by atoms with Crippen LogP contribution in [0.4, 0.5) is 0 Å². The molecule has 0 aromatic heterocycles. The van der Waals surface area contributed by atoms with Gasteiger partial charge in [0, 0.05) is 0 Å². The second-order valence-electron chi connectivity index (χ2n) is 7.16. The van der Waals surface area contributed by atoms with Crippen LogP contribution in [-0.2, 0) is 6.54 Å². The van der Waals surface area contributed by atoms with Gasteiger partial charge in [-0.25, -0.2) is 0 Å². The second-order valence-corrected chi connectivity index (χ2v) is 9.36. The van der Waals surface area contributed by atoms with E-state index in [0.29, 0.717) is 26.0 Å². The summed E-state index contributed by atoms with van der Waals surface area (Å²) >= 11 is 0.557. The number of likely N-dealkylation sites (tertiary alicyclic amines) is 1. The van der Waals surface area contributed by atoms with Crippen LogP contribution in [0, 0.1) is 0 Å². The first-order valence-corrected chi connectivity index (χ1v) is 10.1. The van der Waals surface area contributed by atoms with Crippen LogP contribution in [0.25, 0.3) is 0 Å². The summed E-state index contributed by atoms with van der Waals surface area (Å²) in [4.78, 5) is 2.71. The zero-order valence-corrected chi connectivity index (χ0v) is 15.5. The summed E-state index contributed by atoms with van der Waals surface area (Å²) in [6.07, 6.45) is 1.29. The molecule has 0 spiro atoms. The minimum atomic E-state index is 0.317. The first-order valence-electron chi connectivity index (χ1n) is 7.99. The molecule has 0 amide bonds. The molecule has 2 aromatic rings. The Morgan fingerprint density at radius 2 is 1.50 bits per heavy atom. The summed E-state index contributed by atoms with van der Waals surface area (Å²) in [5, 5.41) is 1.29. The molecule has 0 N–H and O–H groups in total.